The smallest absolute Gasteiger partial charge is 0.205 e. The fourth-order valence-electron chi connectivity index (χ4n) is 1.74. The fraction of sp³-hybridized carbons (Fsp3) is 0.273. The third-order valence-corrected chi connectivity index (χ3v) is 4.42. The zero-order valence-electron chi connectivity index (χ0n) is 8.93. The monoisotopic (exact) mass is 239 g/mol. The van der Waals surface area contributed by atoms with Gasteiger partial charge in [0.1, 0.15) is 0 Å². The van der Waals surface area contributed by atoms with E-state index < -0.39 is 9.84 Å². The van der Waals surface area contributed by atoms with Gasteiger partial charge in [0, 0.05) is 13.7 Å². The van der Waals surface area contributed by atoms with E-state index in [-0.39, 0.29) is 6.61 Å². The molecule has 0 fully saturated rings. The molecule has 0 unspecified atom stereocenters. The van der Waals surface area contributed by atoms with Crippen molar-refractivity contribution < 1.29 is 13.2 Å². The molecule has 2 N–H and O–H groups in total. The molecule has 1 aromatic rings. The largest absolute Gasteiger partial charge is 0.379 e. The fourth-order valence-corrected chi connectivity index (χ4v) is 3.25. The van der Waals surface area contributed by atoms with Crippen LogP contribution in [0.25, 0.3) is 6.08 Å². The van der Waals surface area contributed by atoms with Gasteiger partial charge in [0.2, 0.25) is 9.84 Å². The van der Waals surface area contributed by atoms with Gasteiger partial charge in [-0.15, -0.1) is 0 Å². The topological polar surface area (TPSA) is 69.4 Å². The van der Waals surface area contributed by atoms with Crippen molar-refractivity contribution in [2.75, 3.05) is 13.7 Å². The lowest BCUT2D eigenvalue weighted by atomic mass is 10.1. The van der Waals surface area contributed by atoms with Crippen LogP contribution < -0.4 is 5.73 Å². The lowest BCUT2D eigenvalue weighted by Gasteiger charge is -2.03. The number of sulfone groups is 1. The molecule has 0 aliphatic carbocycles. The lowest BCUT2D eigenvalue weighted by molar-refractivity contribution is 0.231. The van der Waals surface area contributed by atoms with Crippen LogP contribution in [0, 0.1) is 0 Å². The Kier molecular flexibility index (Phi) is 2.84. The van der Waals surface area contributed by atoms with Gasteiger partial charge in [-0.25, -0.2) is 8.42 Å². The lowest BCUT2D eigenvalue weighted by Crippen LogP contribution is -2.05. The highest BCUT2D eigenvalue weighted by molar-refractivity contribution is 7.95. The molecule has 1 aromatic carbocycles. The first kappa shape index (κ1) is 11.3. The Labute approximate surface area is 94.6 Å². The van der Waals surface area contributed by atoms with E-state index in [4.69, 9.17) is 10.5 Å². The molecule has 0 bridgehead atoms. The quantitative estimate of drug-likeness (QED) is 0.851. The van der Waals surface area contributed by atoms with Crippen LogP contribution in [0.4, 0.5) is 0 Å². The molecule has 0 aromatic heterocycles. The van der Waals surface area contributed by atoms with Crippen LogP contribution in [0.15, 0.2) is 28.0 Å². The van der Waals surface area contributed by atoms with E-state index in [1.807, 2.05) is 0 Å². The average Bonchev–Trinajstić information content (AvgIpc) is 2.51. The van der Waals surface area contributed by atoms with Crippen molar-refractivity contribution in [3.05, 3.63) is 34.2 Å². The van der Waals surface area contributed by atoms with Crippen LogP contribution in [-0.4, -0.2) is 22.1 Å². The second kappa shape index (κ2) is 4.01. The van der Waals surface area contributed by atoms with Crippen LogP contribution >= 0.6 is 0 Å². The molecule has 0 saturated carbocycles. The van der Waals surface area contributed by atoms with Gasteiger partial charge in [0.25, 0.3) is 0 Å². The van der Waals surface area contributed by atoms with Gasteiger partial charge in [0.05, 0.1) is 16.4 Å². The minimum Gasteiger partial charge on any atom is -0.379 e. The summed E-state index contributed by atoms with van der Waals surface area (Å²) in [5, 5.41) is 0. The number of benzene rings is 1. The zero-order chi connectivity index (χ0) is 11.8. The minimum atomic E-state index is -3.34. The van der Waals surface area contributed by atoms with E-state index in [1.54, 1.807) is 24.3 Å². The Morgan fingerprint density at radius 3 is 2.75 bits per heavy atom. The number of hydrogen-bond acceptors (Lipinski definition) is 4. The first-order chi connectivity index (χ1) is 7.59. The molecule has 2 rings (SSSR count). The highest BCUT2D eigenvalue weighted by atomic mass is 32.2. The molecular formula is C11H13NO3S. The van der Waals surface area contributed by atoms with Crippen molar-refractivity contribution in [3.63, 3.8) is 0 Å². The van der Waals surface area contributed by atoms with Gasteiger partial charge in [-0.3, -0.25) is 0 Å². The van der Waals surface area contributed by atoms with Gasteiger partial charge in [-0.05, 0) is 29.3 Å². The highest BCUT2D eigenvalue weighted by Crippen LogP contribution is 2.33. The molecule has 16 heavy (non-hydrogen) atoms. The number of nitrogens with two attached hydrogens (primary N) is 1. The summed E-state index contributed by atoms with van der Waals surface area (Å²) in [6.45, 7) is 0.510. The van der Waals surface area contributed by atoms with Crippen molar-refractivity contribution in [3.8, 4) is 0 Å². The number of methoxy groups -OCH3 is 1. The molecule has 0 atom stereocenters. The van der Waals surface area contributed by atoms with Crippen molar-refractivity contribution in [2.24, 2.45) is 5.73 Å². The van der Waals surface area contributed by atoms with Gasteiger partial charge in [-0.1, -0.05) is 6.07 Å². The molecule has 1 heterocycles. The van der Waals surface area contributed by atoms with Gasteiger partial charge in [-0.2, -0.15) is 0 Å². The summed E-state index contributed by atoms with van der Waals surface area (Å²) in [5.74, 6) is 0. The molecule has 0 radical (unpaired) electrons. The SMILES string of the molecule is COCC1=Cc2cc(CN)ccc2S1(=O)=O. The Balaban J connectivity index is 2.54. The maximum atomic E-state index is 12.0. The van der Waals surface area contributed by atoms with Crippen LogP contribution in [-0.2, 0) is 21.1 Å². The third-order valence-electron chi connectivity index (χ3n) is 2.55. The van der Waals surface area contributed by atoms with Crippen molar-refractivity contribution in [2.45, 2.75) is 11.4 Å². The van der Waals surface area contributed by atoms with Crippen LogP contribution in [0.5, 0.6) is 0 Å². The Hall–Kier alpha value is -1.17. The van der Waals surface area contributed by atoms with Crippen molar-refractivity contribution in [1.82, 2.24) is 0 Å². The summed E-state index contributed by atoms with van der Waals surface area (Å²) in [4.78, 5) is 0.649. The Morgan fingerprint density at radius 2 is 2.12 bits per heavy atom. The van der Waals surface area contributed by atoms with E-state index in [0.29, 0.717) is 21.9 Å². The summed E-state index contributed by atoms with van der Waals surface area (Å²) >= 11 is 0. The summed E-state index contributed by atoms with van der Waals surface area (Å²) in [6, 6.07) is 5.14. The van der Waals surface area contributed by atoms with Gasteiger partial charge >= 0.3 is 0 Å². The number of fused-ring (bicyclic) bond motifs is 1. The van der Waals surface area contributed by atoms with Crippen molar-refractivity contribution >= 4 is 15.9 Å². The van der Waals surface area contributed by atoms with Crippen molar-refractivity contribution in [1.29, 1.82) is 0 Å². The molecule has 5 heteroatoms. The average molecular weight is 239 g/mol. The third kappa shape index (κ3) is 1.67. The first-order valence-electron chi connectivity index (χ1n) is 4.87. The molecule has 0 amide bonds. The highest BCUT2D eigenvalue weighted by Gasteiger charge is 2.29. The first-order valence-corrected chi connectivity index (χ1v) is 6.35. The van der Waals surface area contributed by atoms with E-state index in [1.165, 1.54) is 7.11 Å². The standard InChI is InChI=1S/C11H13NO3S/c1-15-7-10-5-9-4-8(6-12)2-3-11(9)16(10,13)14/h2-5H,6-7,12H2,1H3. The second-order valence-electron chi connectivity index (χ2n) is 3.62. The Morgan fingerprint density at radius 1 is 1.38 bits per heavy atom. The molecular weight excluding hydrogens is 226 g/mol. The molecule has 1 aliphatic rings. The number of ether oxygens (including phenoxy) is 1. The van der Waals surface area contributed by atoms with Crippen LogP contribution in [0.2, 0.25) is 0 Å². The molecule has 0 saturated heterocycles. The predicted octanol–water partition coefficient (Wildman–Crippen LogP) is 0.920. The van der Waals surface area contributed by atoms with E-state index >= 15 is 0 Å². The van der Waals surface area contributed by atoms with Gasteiger partial charge in [0.15, 0.2) is 0 Å². The summed E-state index contributed by atoms with van der Waals surface area (Å²) < 4.78 is 28.9. The summed E-state index contributed by atoms with van der Waals surface area (Å²) in [7, 11) is -1.86. The number of hydrogen-bond donors (Lipinski definition) is 1. The normalized spacial score (nSPS) is 17.0. The van der Waals surface area contributed by atoms with E-state index in [9.17, 15) is 8.42 Å². The summed E-state index contributed by atoms with van der Waals surface area (Å²) in [6.07, 6.45) is 1.65. The minimum absolute atomic E-state index is 0.106. The van der Waals surface area contributed by atoms with E-state index in [0.717, 1.165) is 5.56 Å². The zero-order valence-corrected chi connectivity index (χ0v) is 9.75. The second-order valence-corrected chi connectivity index (χ2v) is 5.59. The molecule has 4 nitrogen and oxygen atoms in total. The maximum Gasteiger partial charge on any atom is 0.205 e. The Bertz CT molecular complexity index is 546. The molecule has 1 aliphatic heterocycles. The van der Waals surface area contributed by atoms with Crippen LogP contribution in [0.1, 0.15) is 11.1 Å². The van der Waals surface area contributed by atoms with Gasteiger partial charge < -0.3 is 10.5 Å². The van der Waals surface area contributed by atoms with Crippen LogP contribution in [0.3, 0.4) is 0 Å². The number of rotatable bonds is 3. The molecule has 86 valence electrons. The van der Waals surface area contributed by atoms with E-state index in [2.05, 4.69) is 0 Å². The maximum absolute atomic E-state index is 12.0. The molecule has 0 spiro atoms. The summed E-state index contributed by atoms with van der Waals surface area (Å²) in [5.41, 5.74) is 7.13. The predicted molar refractivity (Wildman–Crippen MR) is 61.4 cm³/mol.